The Morgan fingerprint density at radius 1 is 0.453 bits per heavy atom. The zero-order valence-electron chi connectivity index (χ0n) is 35.8. The van der Waals surface area contributed by atoms with E-state index in [2.05, 4.69) is 43.5 Å². The Kier molecular flexibility index (Phi) is 43.8. The summed E-state index contributed by atoms with van der Waals surface area (Å²) < 4.78 is 0. The van der Waals surface area contributed by atoms with Crippen molar-refractivity contribution in [3.63, 3.8) is 0 Å². The fourth-order valence-electron chi connectivity index (χ4n) is 7.21. The van der Waals surface area contributed by atoms with Crippen molar-refractivity contribution in [2.24, 2.45) is 0 Å². The minimum Gasteiger partial charge on any atom is -0.394 e. The van der Waals surface area contributed by atoms with Crippen molar-refractivity contribution in [3.8, 4) is 0 Å². The highest BCUT2D eigenvalue weighted by Crippen LogP contribution is 2.16. The molecule has 0 saturated heterocycles. The lowest BCUT2D eigenvalue weighted by atomic mass is 10.0. The van der Waals surface area contributed by atoms with E-state index in [9.17, 15) is 15.0 Å². The molecule has 0 aliphatic heterocycles. The van der Waals surface area contributed by atoms with Gasteiger partial charge in [0, 0.05) is 6.42 Å². The van der Waals surface area contributed by atoms with E-state index in [1.807, 2.05) is 6.08 Å². The Morgan fingerprint density at radius 3 is 1.13 bits per heavy atom. The highest BCUT2D eigenvalue weighted by atomic mass is 16.3. The Morgan fingerprint density at radius 2 is 0.774 bits per heavy atom. The van der Waals surface area contributed by atoms with Gasteiger partial charge in [-0.2, -0.15) is 0 Å². The highest BCUT2D eigenvalue weighted by molar-refractivity contribution is 5.76. The number of allylic oxidation sites excluding steroid dienone is 5. The predicted molar refractivity (Wildman–Crippen MR) is 235 cm³/mol. The van der Waals surface area contributed by atoms with Crippen molar-refractivity contribution in [2.45, 2.75) is 264 Å². The number of carbonyl (C=O) groups excluding carboxylic acids is 1. The average Bonchev–Trinajstić information content (AvgIpc) is 3.16. The summed E-state index contributed by atoms with van der Waals surface area (Å²) in [4.78, 5) is 12.4. The lowest BCUT2D eigenvalue weighted by Crippen LogP contribution is -2.45. The van der Waals surface area contributed by atoms with Gasteiger partial charge in [-0.1, -0.05) is 230 Å². The number of hydrogen-bond donors (Lipinski definition) is 3. The number of carbonyl (C=O) groups is 1. The van der Waals surface area contributed by atoms with Crippen LogP contribution in [-0.2, 0) is 4.79 Å². The standard InChI is InChI=1S/C49H93NO3/c1-3-5-7-9-11-13-15-17-19-21-23-25-27-29-31-33-35-37-39-41-43-45-49(53)50-47(46-51)48(52)44-42-40-38-36-34-32-30-28-26-24-22-20-18-16-14-12-10-8-6-4-2/h15,17,21,23,42,44,47-48,51-52H,3-14,16,18-20,22,24-41,43,45-46H2,1-2H3,(H,50,53)/b17-15-,23-21-,44-42+. The Labute approximate surface area is 331 Å². The van der Waals surface area contributed by atoms with Gasteiger partial charge in [0.05, 0.1) is 18.8 Å². The van der Waals surface area contributed by atoms with Crippen LogP contribution < -0.4 is 5.32 Å². The van der Waals surface area contributed by atoms with Gasteiger partial charge in [-0.15, -0.1) is 0 Å². The van der Waals surface area contributed by atoms with Crippen LogP contribution >= 0.6 is 0 Å². The molecule has 0 heterocycles. The second kappa shape index (κ2) is 45.0. The zero-order valence-corrected chi connectivity index (χ0v) is 35.8. The van der Waals surface area contributed by atoms with Gasteiger partial charge >= 0.3 is 0 Å². The normalized spacial score (nSPS) is 13.2. The minimum atomic E-state index is -0.840. The van der Waals surface area contributed by atoms with Crippen molar-refractivity contribution < 1.29 is 15.0 Å². The smallest absolute Gasteiger partial charge is 0.220 e. The maximum absolute atomic E-state index is 12.4. The lowest BCUT2D eigenvalue weighted by molar-refractivity contribution is -0.123. The van der Waals surface area contributed by atoms with Gasteiger partial charge < -0.3 is 15.5 Å². The molecular weight excluding hydrogens is 651 g/mol. The van der Waals surface area contributed by atoms with Crippen LogP contribution in [0.5, 0.6) is 0 Å². The second-order valence-corrected chi connectivity index (χ2v) is 16.2. The van der Waals surface area contributed by atoms with Gasteiger partial charge in [-0.25, -0.2) is 0 Å². The van der Waals surface area contributed by atoms with Crippen molar-refractivity contribution in [1.82, 2.24) is 5.32 Å². The molecule has 0 fully saturated rings. The molecule has 2 atom stereocenters. The molecule has 4 nitrogen and oxygen atoms in total. The summed E-state index contributed by atoms with van der Waals surface area (Å²) in [5.74, 6) is -0.0668. The first-order valence-corrected chi connectivity index (χ1v) is 23.7. The molecule has 0 radical (unpaired) electrons. The number of unbranched alkanes of at least 4 members (excludes halogenated alkanes) is 32. The molecule has 312 valence electrons. The molecule has 0 saturated carbocycles. The first-order chi connectivity index (χ1) is 26.2. The zero-order chi connectivity index (χ0) is 38.6. The average molecular weight is 744 g/mol. The Balaban J connectivity index is 3.55. The summed E-state index contributed by atoms with van der Waals surface area (Å²) in [7, 11) is 0. The predicted octanol–water partition coefficient (Wildman–Crippen LogP) is 15.0. The third-order valence-electron chi connectivity index (χ3n) is 10.9. The summed E-state index contributed by atoms with van der Waals surface area (Å²) >= 11 is 0. The van der Waals surface area contributed by atoms with E-state index in [-0.39, 0.29) is 12.5 Å². The summed E-state index contributed by atoms with van der Waals surface area (Å²) in [5.41, 5.74) is 0. The summed E-state index contributed by atoms with van der Waals surface area (Å²) in [5, 5.41) is 23.1. The topological polar surface area (TPSA) is 69.6 Å². The van der Waals surface area contributed by atoms with E-state index in [1.165, 1.54) is 199 Å². The van der Waals surface area contributed by atoms with Gasteiger partial charge in [0.15, 0.2) is 0 Å². The molecule has 0 aliphatic carbocycles. The van der Waals surface area contributed by atoms with Gasteiger partial charge in [-0.3, -0.25) is 4.79 Å². The summed E-state index contributed by atoms with van der Waals surface area (Å²) in [6.07, 6.45) is 59.7. The lowest BCUT2D eigenvalue weighted by Gasteiger charge is -2.20. The second-order valence-electron chi connectivity index (χ2n) is 16.2. The van der Waals surface area contributed by atoms with Crippen molar-refractivity contribution in [1.29, 1.82) is 0 Å². The molecule has 3 N–H and O–H groups in total. The molecule has 4 heteroatoms. The van der Waals surface area contributed by atoms with E-state index >= 15 is 0 Å². The molecule has 0 bridgehead atoms. The minimum absolute atomic E-state index is 0.0668. The van der Waals surface area contributed by atoms with Crippen LogP contribution in [0.25, 0.3) is 0 Å². The van der Waals surface area contributed by atoms with Crippen molar-refractivity contribution >= 4 is 5.91 Å². The third kappa shape index (κ3) is 41.6. The highest BCUT2D eigenvalue weighted by Gasteiger charge is 2.17. The van der Waals surface area contributed by atoms with E-state index < -0.39 is 12.1 Å². The monoisotopic (exact) mass is 744 g/mol. The molecule has 0 rings (SSSR count). The van der Waals surface area contributed by atoms with Crippen LogP contribution in [0.1, 0.15) is 251 Å². The van der Waals surface area contributed by atoms with E-state index in [0.717, 1.165) is 32.1 Å². The van der Waals surface area contributed by atoms with Crippen LogP contribution in [0.2, 0.25) is 0 Å². The number of aliphatic hydroxyl groups is 2. The number of nitrogens with one attached hydrogen (secondary N) is 1. The number of hydrogen-bond acceptors (Lipinski definition) is 3. The molecule has 0 aliphatic rings. The van der Waals surface area contributed by atoms with E-state index in [4.69, 9.17) is 0 Å². The number of amides is 1. The van der Waals surface area contributed by atoms with Crippen LogP contribution in [0, 0.1) is 0 Å². The molecular formula is C49H93NO3. The maximum atomic E-state index is 12.4. The molecule has 0 aromatic rings. The fraction of sp³-hybridized carbons (Fsp3) is 0.857. The number of rotatable bonds is 43. The molecule has 0 spiro atoms. The van der Waals surface area contributed by atoms with Gasteiger partial charge in [-0.05, 0) is 51.4 Å². The molecule has 53 heavy (non-hydrogen) atoms. The first-order valence-electron chi connectivity index (χ1n) is 23.7. The van der Waals surface area contributed by atoms with Crippen LogP contribution in [0.3, 0.4) is 0 Å². The van der Waals surface area contributed by atoms with E-state index in [1.54, 1.807) is 6.08 Å². The summed E-state index contributed by atoms with van der Waals surface area (Å²) in [6, 6.07) is -0.624. The van der Waals surface area contributed by atoms with Crippen molar-refractivity contribution in [2.75, 3.05) is 6.61 Å². The first kappa shape index (κ1) is 51.6. The van der Waals surface area contributed by atoms with Gasteiger partial charge in [0.1, 0.15) is 0 Å². The quantitative estimate of drug-likeness (QED) is 0.0430. The van der Waals surface area contributed by atoms with Gasteiger partial charge in [0.25, 0.3) is 0 Å². The Hall–Kier alpha value is -1.39. The van der Waals surface area contributed by atoms with Crippen LogP contribution in [0.4, 0.5) is 0 Å². The maximum Gasteiger partial charge on any atom is 0.220 e. The molecule has 0 aromatic heterocycles. The number of aliphatic hydroxyl groups excluding tert-OH is 2. The largest absolute Gasteiger partial charge is 0.394 e. The van der Waals surface area contributed by atoms with Gasteiger partial charge in [0.2, 0.25) is 5.91 Å². The summed E-state index contributed by atoms with van der Waals surface area (Å²) in [6.45, 7) is 4.31. The van der Waals surface area contributed by atoms with Crippen molar-refractivity contribution in [3.05, 3.63) is 36.5 Å². The van der Waals surface area contributed by atoms with E-state index in [0.29, 0.717) is 6.42 Å². The molecule has 0 aromatic carbocycles. The molecule has 2 unspecified atom stereocenters. The van der Waals surface area contributed by atoms with Crippen LogP contribution in [-0.4, -0.2) is 34.9 Å². The fourth-order valence-corrected chi connectivity index (χ4v) is 7.21. The SMILES string of the molecule is CCCCCCC/C=C\C/C=C\CCCCCCCCCCCC(=O)NC(CO)C(O)/C=C/CCCCCCCCCCCCCCCCCCCC. The third-order valence-corrected chi connectivity index (χ3v) is 10.9. The molecule has 1 amide bonds. The van der Waals surface area contributed by atoms with Crippen LogP contribution in [0.15, 0.2) is 36.5 Å². The Bertz CT molecular complexity index is 806.